The van der Waals surface area contributed by atoms with Crippen molar-refractivity contribution < 1.29 is 27.1 Å². The molecule has 1 atom stereocenters. The number of aryl methyl sites for hydroxylation is 1. The molecule has 0 radical (unpaired) electrons. The molecule has 162 valence electrons. The third-order valence-electron chi connectivity index (χ3n) is 4.84. The Morgan fingerprint density at radius 2 is 2.00 bits per heavy atom. The fourth-order valence-corrected chi connectivity index (χ4v) is 4.91. The summed E-state index contributed by atoms with van der Waals surface area (Å²) in [7, 11) is -2.80. The van der Waals surface area contributed by atoms with Crippen molar-refractivity contribution in [3.05, 3.63) is 53.8 Å². The van der Waals surface area contributed by atoms with Crippen molar-refractivity contribution in [2.45, 2.75) is 30.8 Å². The molecule has 1 saturated heterocycles. The van der Waals surface area contributed by atoms with Gasteiger partial charge in [0.2, 0.25) is 5.91 Å². The molecule has 7 nitrogen and oxygen atoms in total. The van der Waals surface area contributed by atoms with E-state index in [9.17, 15) is 17.6 Å². The molecule has 0 unspecified atom stereocenters. The van der Waals surface area contributed by atoms with Crippen molar-refractivity contribution in [3.8, 4) is 5.75 Å². The summed E-state index contributed by atoms with van der Waals surface area (Å²) >= 11 is 0. The molecule has 1 N–H and O–H groups in total. The van der Waals surface area contributed by atoms with Gasteiger partial charge in [0.05, 0.1) is 18.9 Å². The number of hydrogen-bond donors (Lipinski definition) is 1. The molecule has 0 aliphatic carbocycles. The van der Waals surface area contributed by atoms with Gasteiger partial charge in [-0.1, -0.05) is 6.07 Å². The van der Waals surface area contributed by atoms with Crippen molar-refractivity contribution in [2.75, 3.05) is 31.1 Å². The standard InChI is InChI=1S/C21H25FN2O5S/c1-15-5-10-19(28-2)20(12-15)30(26,27)24(17-8-6-16(22)7-9-17)14-21(25)23-13-18-4-3-11-29-18/h5-10,12,18H,3-4,11,13-14H2,1-2H3,(H,23,25)/t18-/m0/s1. The van der Waals surface area contributed by atoms with Crippen LogP contribution >= 0.6 is 0 Å². The summed E-state index contributed by atoms with van der Waals surface area (Å²) in [6.07, 6.45) is 1.71. The minimum atomic E-state index is -4.17. The highest BCUT2D eigenvalue weighted by Crippen LogP contribution is 2.31. The van der Waals surface area contributed by atoms with Crippen molar-refractivity contribution >= 4 is 21.6 Å². The van der Waals surface area contributed by atoms with Crippen LogP contribution in [-0.2, 0) is 19.6 Å². The van der Waals surface area contributed by atoms with Gasteiger partial charge in [-0.3, -0.25) is 9.10 Å². The number of nitrogens with one attached hydrogen (secondary N) is 1. The predicted octanol–water partition coefficient (Wildman–Crippen LogP) is 2.63. The van der Waals surface area contributed by atoms with Gasteiger partial charge < -0.3 is 14.8 Å². The van der Waals surface area contributed by atoms with Gasteiger partial charge in [0.1, 0.15) is 23.0 Å². The van der Waals surface area contributed by atoms with Crippen LogP contribution in [0.4, 0.5) is 10.1 Å². The summed E-state index contributed by atoms with van der Waals surface area (Å²) in [6, 6.07) is 9.71. The maximum Gasteiger partial charge on any atom is 0.268 e. The van der Waals surface area contributed by atoms with Crippen LogP contribution in [0, 0.1) is 12.7 Å². The maximum absolute atomic E-state index is 13.5. The molecular formula is C21H25FN2O5S. The SMILES string of the molecule is COc1ccc(C)cc1S(=O)(=O)N(CC(=O)NC[C@@H]1CCCO1)c1ccc(F)cc1. The van der Waals surface area contributed by atoms with Crippen molar-refractivity contribution in [1.82, 2.24) is 5.32 Å². The fourth-order valence-electron chi connectivity index (χ4n) is 3.25. The lowest BCUT2D eigenvalue weighted by Gasteiger charge is -2.25. The molecule has 1 fully saturated rings. The molecular weight excluding hydrogens is 411 g/mol. The van der Waals surface area contributed by atoms with Crippen LogP contribution in [0.25, 0.3) is 0 Å². The lowest BCUT2D eigenvalue weighted by atomic mass is 10.2. The highest BCUT2D eigenvalue weighted by molar-refractivity contribution is 7.93. The van der Waals surface area contributed by atoms with E-state index in [1.165, 1.54) is 25.3 Å². The molecule has 2 aromatic rings. The van der Waals surface area contributed by atoms with Gasteiger partial charge >= 0.3 is 0 Å². The Labute approximate surface area is 175 Å². The van der Waals surface area contributed by atoms with Crippen LogP contribution in [0.2, 0.25) is 0 Å². The Hall–Kier alpha value is -2.65. The van der Waals surface area contributed by atoms with E-state index in [0.29, 0.717) is 13.2 Å². The summed E-state index contributed by atoms with van der Waals surface area (Å²) in [5, 5.41) is 2.72. The molecule has 0 aromatic heterocycles. The van der Waals surface area contributed by atoms with Gasteiger partial charge in [0.15, 0.2) is 0 Å². The molecule has 0 spiro atoms. The van der Waals surface area contributed by atoms with E-state index >= 15 is 0 Å². The Balaban J connectivity index is 1.91. The van der Waals surface area contributed by atoms with E-state index in [2.05, 4.69) is 5.32 Å². The van der Waals surface area contributed by atoms with Gasteiger partial charge in [-0.05, 0) is 61.7 Å². The van der Waals surface area contributed by atoms with E-state index in [4.69, 9.17) is 9.47 Å². The topological polar surface area (TPSA) is 84.9 Å². The van der Waals surface area contributed by atoms with Crippen LogP contribution in [0.3, 0.4) is 0 Å². The minimum Gasteiger partial charge on any atom is -0.495 e. The summed E-state index contributed by atoms with van der Waals surface area (Å²) in [5.74, 6) is -0.829. The van der Waals surface area contributed by atoms with E-state index in [0.717, 1.165) is 34.8 Å². The largest absolute Gasteiger partial charge is 0.495 e. The Kier molecular flexibility index (Phi) is 6.94. The fraction of sp³-hybridized carbons (Fsp3) is 0.381. The molecule has 0 bridgehead atoms. The van der Waals surface area contributed by atoms with Crippen LogP contribution in [0.1, 0.15) is 18.4 Å². The van der Waals surface area contributed by atoms with E-state index in [-0.39, 0.29) is 22.4 Å². The Bertz CT molecular complexity index is 989. The van der Waals surface area contributed by atoms with Gasteiger partial charge in [-0.15, -0.1) is 0 Å². The number of amides is 1. The van der Waals surface area contributed by atoms with Crippen molar-refractivity contribution in [3.63, 3.8) is 0 Å². The zero-order chi connectivity index (χ0) is 21.7. The van der Waals surface area contributed by atoms with Crippen LogP contribution in [0.5, 0.6) is 5.75 Å². The second-order valence-corrected chi connectivity index (χ2v) is 8.91. The number of hydrogen-bond acceptors (Lipinski definition) is 5. The normalized spacial score (nSPS) is 16.3. The van der Waals surface area contributed by atoms with Crippen LogP contribution in [-0.4, -0.2) is 47.2 Å². The molecule has 3 rings (SSSR count). The second-order valence-electron chi connectivity index (χ2n) is 7.08. The van der Waals surface area contributed by atoms with Crippen LogP contribution in [0.15, 0.2) is 47.4 Å². The quantitative estimate of drug-likeness (QED) is 0.688. The number of sulfonamides is 1. The van der Waals surface area contributed by atoms with Crippen LogP contribution < -0.4 is 14.4 Å². The Morgan fingerprint density at radius 3 is 2.63 bits per heavy atom. The number of carbonyl (C=O) groups excluding carboxylic acids is 1. The maximum atomic E-state index is 13.5. The average Bonchev–Trinajstić information content (AvgIpc) is 3.25. The number of nitrogens with zero attached hydrogens (tertiary/aromatic N) is 1. The predicted molar refractivity (Wildman–Crippen MR) is 111 cm³/mol. The van der Waals surface area contributed by atoms with Gasteiger partial charge in [-0.2, -0.15) is 0 Å². The van der Waals surface area contributed by atoms with Gasteiger partial charge in [-0.25, -0.2) is 12.8 Å². The average molecular weight is 437 g/mol. The molecule has 1 amide bonds. The first kappa shape index (κ1) is 22.0. The molecule has 1 aliphatic heterocycles. The molecule has 1 heterocycles. The first-order valence-corrected chi connectivity index (χ1v) is 11.1. The number of methoxy groups -OCH3 is 1. The zero-order valence-electron chi connectivity index (χ0n) is 16.9. The third-order valence-corrected chi connectivity index (χ3v) is 6.63. The highest BCUT2D eigenvalue weighted by Gasteiger charge is 2.30. The van der Waals surface area contributed by atoms with Crippen molar-refractivity contribution in [1.29, 1.82) is 0 Å². The molecule has 2 aromatic carbocycles. The summed E-state index contributed by atoms with van der Waals surface area (Å²) in [5.41, 5.74) is 0.892. The Morgan fingerprint density at radius 1 is 1.27 bits per heavy atom. The number of ether oxygens (including phenoxy) is 2. The summed E-state index contributed by atoms with van der Waals surface area (Å²) in [6.45, 7) is 2.26. The number of carbonyl (C=O) groups is 1. The smallest absolute Gasteiger partial charge is 0.268 e. The number of anilines is 1. The lowest BCUT2D eigenvalue weighted by molar-refractivity contribution is -0.120. The molecule has 30 heavy (non-hydrogen) atoms. The lowest BCUT2D eigenvalue weighted by Crippen LogP contribution is -2.43. The molecule has 9 heteroatoms. The third kappa shape index (κ3) is 5.09. The second kappa shape index (κ2) is 9.44. The van der Waals surface area contributed by atoms with E-state index < -0.39 is 28.3 Å². The molecule has 1 aliphatic rings. The first-order valence-electron chi connectivity index (χ1n) is 9.62. The summed E-state index contributed by atoms with van der Waals surface area (Å²) < 4.78 is 52.1. The first-order chi connectivity index (χ1) is 14.3. The van der Waals surface area contributed by atoms with E-state index in [1.807, 2.05) is 0 Å². The highest BCUT2D eigenvalue weighted by atomic mass is 32.2. The number of rotatable bonds is 8. The monoisotopic (exact) mass is 436 g/mol. The number of benzene rings is 2. The summed E-state index contributed by atoms with van der Waals surface area (Å²) in [4.78, 5) is 12.5. The van der Waals surface area contributed by atoms with Gasteiger partial charge in [0, 0.05) is 13.2 Å². The van der Waals surface area contributed by atoms with E-state index in [1.54, 1.807) is 19.1 Å². The molecule has 0 saturated carbocycles. The minimum absolute atomic E-state index is 0.0679. The number of halogens is 1. The van der Waals surface area contributed by atoms with Crippen molar-refractivity contribution in [2.24, 2.45) is 0 Å². The zero-order valence-corrected chi connectivity index (χ0v) is 17.7. The van der Waals surface area contributed by atoms with Gasteiger partial charge in [0.25, 0.3) is 10.0 Å².